The van der Waals surface area contributed by atoms with Gasteiger partial charge in [-0.15, -0.1) is 0 Å². The summed E-state index contributed by atoms with van der Waals surface area (Å²) in [5, 5.41) is 8.95. The summed E-state index contributed by atoms with van der Waals surface area (Å²) in [5.41, 5.74) is 2.58. The van der Waals surface area contributed by atoms with Crippen molar-refractivity contribution in [3.05, 3.63) is 28.8 Å². The fourth-order valence-electron chi connectivity index (χ4n) is 2.03. The van der Waals surface area contributed by atoms with E-state index in [1.165, 1.54) is 12.7 Å². The van der Waals surface area contributed by atoms with Crippen LogP contribution in [0.3, 0.4) is 0 Å². The SMILES string of the molecule is COc1c(C(=O)O)ccc2c1CCC2. The lowest BCUT2D eigenvalue weighted by Crippen LogP contribution is -2.03. The number of hydrogen-bond donors (Lipinski definition) is 1. The summed E-state index contributed by atoms with van der Waals surface area (Å²) in [7, 11) is 1.53. The van der Waals surface area contributed by atoms with Crippen LogP contribution in [0.4, 0.5) is 0 Å². The Balaban J connectivity index is 2.59. The van der Waals surface area contributed by atoms with Crippen LogP contribution in [0.1, 0.15) is 27.9 Å². The maximum absolute atomic E-state index is 10.9. The molecule has 1 N–H and O–H groups in total. The van der Waals surface area contributed by atoms with Gasteiger partial charge in [-0.25, -0.2) is 4.79 Å². The summed E-state index contributed by atoms with van der Waals surface area (Å²) in [6.07, 6.45) is 3.06. The predicted molar refractivity (Wildman–Crippen MR) is 52.0 cm³/mol. The van der Waals surface area contributed by atoms with Gasteiger partial charge in [0, 0.05) is 0 Å². The smallest absolute Gasteiger partial charge is 0.339 e. The zero-order valence-electron chi connectivity index (χ0n) is 8.04. The molecule has 1 aromatic carbocycles. The third-order valence-electron chi connectivity index (χ3n) is 2.66. The highest BCUT2D eigenvalue weighted by molar-refractivity contribution is 5.91. The van der Waals surface area contributed by atoms with Gasteiger partial charge in [0.25, 0.3) is 0 Å². The maximum atomic E-state index is 10.9. The molecule has 0 bridgehead atoms. The zero-order valence-corrected chi connectivity index (χ0v) is 8.04. The van der Waals surface area contributed by atoms with Crippen molar-refractivity contribution >= 4 is 5.97 Å². The average Bonchev–Trinajstić information content (AvgIpc) is 2.63. The molecule has 1 aliphatic carbocycles. The number of aryl methyl sites for hydroxylation is 1. The second-order valence-electron chi connectivity index (χ2n) is 3.44. The summed E-state index contributed by atoms with van der Waals surface area (Å²) in [5.74, 6) is -0.371. The molecule has 3 heteroatoms. The lowest BCUT2D eigenvalue weighted by Gasteiger charge is -2.10. The minimum absolute atomic E-state index is 0.271. The van der Waals surface area contributed by atoms with Gasteiger partial charge in [0.05, 0.1) is 7.11 Å². The molecule has 74 valence electrons. The van der Waals surface area contributed by atoms with E-state index in [-0.39, 0.29) is 5.56 Å². The molecule has 0 atom stereocenters. The number of ether oxygens (including phenoxy) is 1. The molecule has 0 saturated carbocycles. The van der Waals surface area contributed by atoms with Crippen LogP contribution in [0.5, 0.6) is 5.75 Å². The molecule has 0 amide bonds. The number of hydrogen-bond acceptors (Lipinski definition) is 2. The monoisotopic (exact) mass is 192 g/mol. The molecule has 1 aliphatic rings. The first kappa shape index (κ1) is 9.06. The van der Waals surface area contributed by atoms with Crippen molar-refractivity contribution in [2.75, 3.05) is 7.11 Å². The first-order valence-electron chi connectivity index (χ1n) is 4.66. The standard InChI is InChI=1S/C11H12O3/c1-14-10-8-4-2-3-7(8)5-6-9(10)11(12)13/h5-6H,2-4H2,1H3,(H,12,13). The Morgan fingerprint density at radius 2 is 2.21 bits per heavy atom. The summed E-state index contributed by atoms with van der Waals surface area (Å²) in [4.78, 5) is 10.9. The molecular weight excluding hydrogens is 180 g/mol. The van der Waals surface area contributed by atoms with Gasteiger partial charge in [-0.2, -0.15) is 0 Å². The van der Waals surface area contributed by atoms with E-state index in [9.17, 15) is 4.79 Å². The molecule has 0 spiro atoms. The molecule has 2 rings (SSSR count). The topological polar surface area (TPSA) is 46.5 Å². The summed E-state index contributed by atoms with van der Waals surface area (Å²) in [6.45, 7) is 0. The Labute approximate surface area is 82.3 Å². The van der Waals surface area contributed by atoms with Gasteiger partial charge < -0.3 is 9.84 Å². The summed E-state index contributed by atoms with van der Waals surface area (Å²) < 4.78 is 5.17. The van der Waals surface area contributed by atoms with E-state index >= 15 is 0 Å². The number of aromatic carboxylic acids is 1. The van der Waals surface area contributed by atoms with Gasteiger partial charge in [0.1, 0.15) is 11.3 Å². The second-order valence-corrected chi connectivity index (χ2v) is 3.44. The third-order valence-corrected chi connectivity index (χ3v) is 2.66. The predicted octanol–water partition coefficient (Wildman–Crippen LogP) is 1.88. The van der Waals surface area contributed by atoms with Crippen LogP contribution in [0.2, 0.25) is 0 Å². The van der Waals surface area contributed by atoms with E-state index in [2.05, 4.69) is 0 Å². The molecule has 1 aromatic rings. The number of rotatable bonds is 2. The average molecular weight is 192 g/mol. The first-order valence-corrected chi connectivity index (χ1v) is 4.66. The van der Waals surface area contributed by atoms with E-state index in [0.29, 0.717) is 5.75 Å². The number of benzene rings is 1. The summed E-state index contributed by atoms with van der Waals surface area (Å²) >= 11 is 0. The normalized spacial score (nSPS) is 13.8. The van der Waals surface area contributed by atoms with Crippen LogP contribution in [0.15, 0.2) is 12.1 Å². The van der Waals surface area contributed by atoms with Crippen molar-refractivity contribution in [2.24, 2.45) is 0 Å². The Morgan fingerprint density at radius 1 is 1.43 bits per heavy atom. The zero-order chi connectivity index (χ0) is 10.1. The highest BCUT2D eigenvalue weighted by atomic mass is 16.5. The fourth-order valence-corrected chi connectivity index (χ4v) is 2.03. The van der Waals surface area contributed by atoms with Crippen LogP contribution in [0, 0.1) is 0 Å². The van der Waals surface area contributed by atoms with Gasteiger partial charge in [0.15, 0.2) is 0 Å². The highest BCUT2D eigenvalue weighted by Crippen LogP contribution is 2.33. The molecule has 14 heavy (non-hydrogen) atoms. The lowest BCUT2D eigenvalue weighted by atomic mass is 10.0. The molecule has 0 unspecified atom stereocenters. The summed E-state index contributed by atoms with van der Waals surface area (Å²) in [6, 6.07) is 3.53. The van der Waals surface area contributed by atoms with Crippen LogP contribution < -0.4 is 4.74 Å². The van der Waals surface area contributed by atoms with Crippen LogP contribution >= 0.6 is 0 Å². The van der Waals surface area contributed by atoms with E-state index in [0.717, 1.165) is 24.8 Å². The maximum Gasteiger partial charge on any atom is 0.339 e. The lowest BCUT2D eigenvalue weighted by molar-refractivity contribution is 0.0693. The van der Waals surface area contributed by atoms with E-state index < -0.39 is 5.97 Å². The number of carboxylic acid groups (broad SMARTS) is 1. The van der Waals surface area contributed by atoms with Gasteiger partial charge in [-0.05, 0) is 36.5 Å². The van der Waals surface area contributed by atoms with E-state index in [1.807, 2.05) is 6.07 Å². The van der Waals surface area contributed by atoms with Gasteiger partial charge in [-0.1, -0.05) is 6.07 Å². The molecule has 0 heterocycles. The Kier molecular flexibility index (Phi) is 2.15. The molecule has 0 aliphatic heterocycles. The van der Waals surface area contributed by atoms with Crippen molar-refractivity contribution in [1.29, 1.82) is 0 Å². The van der Waals surface area contributed by atoms with E-state index in [4.69, 9.17) is 9.84 Å². The van der Waals surface area contributed by atoms with Crippen molar-refractivity contribution in [3.8, 4) is 5.75 Å². The van der Waals surface area contributed by atoms with E-state index in [1.54, 1.807) is 6.07 Å². The Bertz CT molecular complexity index is 382. The first-order chi connectivity index (χ1) is 6.74. The molecule has 0 saturated heterocycles. The number of carboxylic acids is 1. The molecule has 3 nitrogen and oxygen atoms in total. The molecule has 0 aromatic heterocycles. The quantitative estimate of drug-likeness (QED) is 0.778. The van der Waals surface area contributed by atoms with Crippen LogP contribution in [-0.4, -0.2) is 18.2 Å². The fraction of sp³-hybridized carbons (Fsp3) is 0.364. The van der Waals surface area contributed by atoms with Crippen molar-refractivity contribution in [2.45, 2.75) is 19.3 Å². The van der Waals surface area contributed by atoms with Crippen molar-refractivity contribution < 1.29 is 14.6 Å². The van der Waals surface area contributed by atoms with Gasteiger partial charge in [0.2, 0.25) is 0 Å². The highest BCUT2D eigenvalue weighted by Gasteiger charge is 2.21. The molecule has 0 radical (unpaired) electrons. The Morgan fingerprint density at radius 3 is 2.86 bits per heavy atom. The number of methoxy groups -OCH3 is 1. The largest absolute Gasteiger partial charge is 0.496 e. The van der Waals surface area contributed by atoms with Crippen LogP contribution in [-0.2, 0) is 12.8 Å². The molecular formula is C11H12O3. The van der Waals surface area contributed by atoms with Crippen molar-refractivity contribution in [1.82, 2.24) is 0 Å². The van der Waals surface area contributed by atoms with Crippen LogP contribution in [0.25, 0.3) is 0 Å². The second kappa shape index (κ2) is 3.33. The van der Waals surface area contributed by atoms with Gasteiger partial charge in [-0.3, -0.25) is 0 Å². The number of fused-ring (bicyclic) bond motifs is 1. The van der Waals surface area contributed by atoms with Gasteiger partial charge >= 0.3 is 5.97 Å². The number of carbonyl (C=O) groups is 1. The minimum Gasteiger partial charge on any atom is -0.496 e. The third kappa shape index (κ3) is 1.25. The minimum atomic E-state index is -0.920. The Hall–Kier alpha value is -1.51. The van der Waals surface area contributed by atoms with Crippen molar-refractivity contribution in [3.63, 3.8) is 0 Å². The molecule has 0 fully saturated rings.